The van der Waals surface area contributed by atoms with Crippen LogP contribution in [0.4, 0.5) is 0 Å². The number of halogens is 2. The summed E-state index contributed by atoms with van der Waals surface area (Å²) in [6.45, 7) is 1.50. The third kappa shape index (κ3) is 5.39. The quantitative estimate of drug-likeness (QED) is 0.372. The highest BCUT2D eigenvalue weighted by molar-refractivity contribution is 7.89. The molecule has 0 saturated heterocycles. The molecule has 0 atom stereocenters. The first-order valence-electron chi connectivity index (χ1n) is 10.4. The summed E-state index contributed by atoms with van der Waals surface area (Å²) in [5, 5.41) is 0.893. The molecule has 0 aliphatic rings. The fourth-order valence-electron chi connectivity index (χ4n) is 3.55. The molecular weight excluding hydrogens is 479 g/mol. The van der Waals surface area contributed by atoms with Gasteiger partial charge in [-0.2, -0.15) is 0 Å². The van der Waals surface area contributed by atoms with E-state index in [9.17, 15) is 8.42 Å². The van der Waals surface area contributed by atoms with E-state index < -0.39 is 10.0 Å². The van der Waals surface area contributed by atoms with Crippen LogP contribution in [-0.2, 0) is 16.6 Å². The average Bonchev–Trinajstić information content (AvgIpc) is 3.13. The van der Waals surface area contributed by atoms with Crippen LogP contribution in [0.1, 0.15) is 5.56 Å². The third-order valence-corrected chi connectivity index (χ3v) is 7.44. The maximum Gasteiger partial charge on any atom is 0.240 e. The topological polar surface area (TPSA) is 67.2 Å². The Morgan fingerprint density at radius 3 is 2.42 bits per heavy atom. The Kier molecular flexibility index (Phi) is 7.07. The minimum atomic E-state index is -3.65. The summed E-state index contributed by atoms with van der Waals surface area (Å²) in [6, 6.07) is 20.4. The summed E-state index contributed by atoms with van der Waals surface area (Å²) in [7, 11) is 0.135. The van der Waals surface area contributed by atoms with Crippen LogP contribution in [0.15, 0.2) is 71.6 Å². The van der Waals surface area contributed by atoms with Crippen LogP contribution in [0.3, 0.4) is 0 Å². The highest BCUT2D eigenvalue weighted by atomic mass is 35.5. The number of imidazole rings is 1. The molecule has 0 spiro atoms. The minimum absolute atomic E-state index is 0.179. The van der Waals surface area contributed by atoms with Crippen LogP contribution < -0.4 is 4.72 Å². The van der Waals surface area contributed by atoms with Gasteiger partial charge in [-0.15, -0.1) is 0 Å². The average molecular weight is 503 g/mol. The third-order valence-electron chi connectivity index (χ3n) is 5.24. The van der Waals surface area contributed by atoms with Crippen molar-refractivity contribution in [3.8, 4) is 11.4 Å². The fourth-order valence-corrected chi connectivity index (χ4v) is 4.88. The van der Waals surface area contributed by atoms with Gasteiger partial charge >= 0.3 is 0 Å². The number of sulfonamides is 1. The van der Waals surface area contributed by atoms with Crippen LogP contribution in [0.2, 0.25) is 10.0 Å². The number of benzene rings is 3. The molecule has 4 rings (SSSR count). The molecule has 0 bridgehead atoms. The molecule has 0 fully saturated rings. The molecule has 1 N–H and O–H groups in total. The summed E-state index contributed by atoms with van der Waals surface area (Å²) in [5.41, 5.74) is 3.31. The normalized spacial score (nSPS) is 12.0. The molecule has 33 heavy (non-hydrogen) atoms. The Hall–Kier alpha value is -2.42. The molecule has 9 heteroatoms. The molecule has 1 aromatic heterocycles. The van der Waals surface area contributed by atoms with Gasteiger partial charge in [0.1, 0.15) is 5.82 Å². The number of likely N-dealkylation sites (N-methyl/N-ethyl adjacent to an activating group) is 1. The van der Waals surface area contributed by atoms with Crippen LogP contribution in [0.25, 0.3) is 22.4 Å². The fraction of sp³-hybridized carbons (Fsp3) is 0.208. The van der Waals surface area contributed by atoms with Crippen molar-refractivity contribution >= 4 is 44.3 Å². The second kappa shape index (κ2) is 9.83. The van der Waals surface area contributed by atoms with Crippen molar-refractivity contribution in [2.45, 2.75) is 11.4 Å². The van der Waals surface area contributed by atoms with E-state index in [-0.39, 0.29) is 4.90 Å². The lowest BCUT2D eigenvalue weighted by atomic mass is 10.2. The number of nitrogens with one attached hydrogen (secondary N) is 1. The predicted octanol–water partition coefficient (Wildman–Crippen LogP) is 4.90. The lowest BCUT2D eigenvalue weighted by Crippen LogP contribution is -2.31. The van der Waals surface area contributed by atoms with E-state index in [1.165, 1.54) is 0 Å². The second-order valence-electron chi connectivity index (χ2n) is 7.99. The Balaban J connectivity index is 1.80. The summed E-state index contributed by atoms with van der Waals surface area (Å²) >= 11 is 12.4. The SMILES string of the molecule is CN(C)CCNS(=O)(=O)c1ccc2c(c1)nc(-c1ccc(Cl)c(Cl)c1)n2Cc1ccccc1. The first kappa shape index (κ1) is 23.7. The van der Waals surface area contributed by atoms with Crippen LogP contribution in [0.5, 0.6) is 0 Å². The van der Waals surface area contributed by atoms with Crippen molar-refractivity contribution in [3.05, 3.63) is 82.3 Å². The number of fused-ring (bicyclic) bond motifs is 1. The molecule has 4 aromatic rings. The zero-order valence-electron chi connectivity index (χ0n) is 18.3. The maximum absolute atomic E-state index is 12.8. The predicted molar refractivity (Wildman–Crippen MR) is 134 cm³/mol. The van der Waals surface area contributed by atoms with Crippen molar-refractivity contribution in [1.82, 2.24) is 19.2 Å². The first-order valence-corrected chi connectivity index (χ1v) is 12.6. The Morgan fingerprint density at radius 1 is 0.970 bits per heavy atom. The van der Waals surface area contributed by atoms with Gasteiger partial charge in [0.2, 0.25) is 10.0 Å². The van der Waals surface area contributed by atoms with Crippen molar-refractivity contribution in [2.75, 3.05) is 27.2 Å². The van der Waals surface area contributed by atoms with E-state index >= 15 is 0 Å². The first-order chi connectivity index (χ1) is 15.7. The van der Waals surface area contributed by atoms with Gasteiger partial charge in [-0.3, -0.25) is 0 Å². The summed E-state index contributed by atoms with van der Waals surface area (Å²) in [5.74, 6) is 0.683. The molecule has 0 saturated carbocycles. The van der Waals surface area contributed by atoms with Crippen molar-refractivity contribution in [1.29, 1.82) is 0 Å². The molecule has 0 amide bonds. The number of rotatable bonds is 8. The van der Waals surface area contributed by atoms with Crippen LogP contribution in [0, 0.1) is 0 Å². The van der Waals surface area contributed by atoms with Gasteiger partial charge in [0, 0.05) is 25.2 Å². The lowest BCUT2D eigenvalue weighted by Gasteiger charge is -2.12. The van der Waals surface area contributed by atoms with E-state index in [4.69, 9.17) is 28.2 Å². The van der Waals surface area contributed by atoms with Gasteiger partial charge in [0.05, 0.1) is 26.0 Å². The van der Waals surface area contributed by atoms with Gasteiger partial charge in [0.15, 0.2) is 0 Å². The van der Waals surface area contributed by atoms with Crippen LogP contribution >= 0.6 is 23.2 Å². The number of nitrogens with zero attached hydrogens (tertiary/aromatic N) is 3. The standard InChI is InChI=1S/C24H24Cl2N4O2S/c1-29(2)13-12-27-33(31,32)19-9-11-23-22(15-19)28-24(18-8-10-20(25)21(26)14-18)30(23)16-17-6-4-3-5-7-17/h3-11,14-15,27H,12-13,16H2,1-2H3. The molecule has 1 heterocycles. The Labute approximate surface area is 203 Å². The number of hydrogen-bond donors (Lipinski definition) is 1. The van der Waals surface area contributed by atoms with Crippen LogP contribution in [-0.4, -0.2) is 50.1 Å². The van der Waals surface area contributed by atoms with Gasteiger partial charge in [-0.25, -0.2) is 18.1 Å². The minimum Gasteiger partial charge on any atom is -0.319 e. The highest BCUT2D eigenvalue weighted by Gasteiger charge is 2.19. The maximum atomic E-state index is 12.8. The van der Waals surface area contributed by atoms with Gasteiger partial charge < -0.3 is 9.47 Å². The van der Waals surface area contributed by atoms with Crippen molar-refractivity contribution < 1.29 is 8.42 Å². The Morgan fingerprint density at radius 2 is 1.73 bits per heavy atom. The highest BCUT2D eigenvalue weighted by Crippen LogP contribution is 2.31. The Bertz CT molecular complexity index is 1390. The molecular formula is C24H24Cl2N4O2S. The second-order valence-corrected chi connectivity index (χ2v) is 10.6. The molecule has 3 aromatic carbocycles. The molecule has 0 radical (unpaired) electrons. The monoisotopic (exact) mass is 502 g/mol. The molecule has 6 nitrogen and oxygen atoms in total. The lowest BCUT2D eigenvalue weighted by molar-refractivity contribution is 0.412. The molecule has 0 unspecified atom stereocenters. The van der Waals surface area contributed by atoms with E-state index in [1.54, 1.807) is 30.3 Å². The molecule has 172 valence electrons. The van der Waals surface area contributed by atoms with E-state index in [2.05, 4.69) is 9.29 Å². The van der Waals surface area contributed by atoms with Gasteiger partial charge in [-0.05, 0) is 56.1 Å². The van der Waals surface area contributed by atoms with E-state index in [0.29, 0.717) is 41.0 Å². The van der Waals surface area contributed by atoms with E-state index in [0.717, 1.165) is 16.6 Å². The van der Waals surface area contributed by atoms with Crippen molar-refractivity contribution in [3.63, 3.8) is 0 Å². The van der Waals surface area contributed by atoms with Crippen molar-refractivity contribution in [2.24, 2.45) is 0 Å². The zero-order chi connectivity index (χ0) is 23.6. The number of aromatic nitrogens is 2. The summed E-state index contributed by atoms with van der Waals surface area (Å²) in [6.07, 6.45) is 0. The smallest absolute Gasteiger partial charge is 0.240 e. The zero-order valence-corrected chi connectivity index (χ0v) is 20.6. The number of hydrogen-bond acceptors (Lipinski definition) is 4. The largest absolute Gasteiger partial charge is 0.319 e. The molecule has 0 aliphatic heterocycles. The van der Waals surface area contributed by atoms with E-state index in [1.807, 2.05) is 55.4 Å². The molecule has 0 aliphatic carbocycles. The van der Waals surface area contributed by atoms with Gasteiger partial charge in [0.25, 0.3) is 0 Å². The summed E-state index contributed by atoms with van der Waals surface area (Å²) in [4.78, 5) is 6.89. The summed E-state index contributed by atoms with van der Waals surface area (Å²) < 4.78 is 30.3. The van der Waals surface area contributed by atoms with Gasteiger partial charge in [-0.1, -0.05) is 53.5 Å².